The maximum Gasteiger partial charge on any atom is 0.221 e. The number of ether oxygens (including phenoxy) is 1. The fourth-order valence-corrected chi connectivity index (χ4v) is 4.05. The van der Waals surface area contributed by atoms with Gasteiger partial charge in [0.1, 0.15) is 11.3 Å². The van der Waals surface area contributed by atoms with Gasteiger partial charge < -0.3 is 24.6 Å². The van der Waals surface area contributed by atoms with Crippen LogP contribution in [0.4, 0.5) is 11.5 Å². The Hall–Kier alpha value is -3.91. The summed E-state index contributed by atoms with van der Waals surface area (Å²) in [6.07, 6.45) is 1.92. The average Bonchev–Trinajstić information content (AvgIpc) is 3.15. The number of nitrogens with one attached hydrogen (secondary N) is 1. The van der Waals surface area contributed by atoms with Crippen LogP contribution in [0.15, 0.2) is 60.8 Å². The fourth-order valence-electron chi connectivity index (χ4n) is 4.05. The topological polar surface area (TPSA) is 92.5 Å². The van der Waals surface area contributed by atoms with E-state index in [-0.39, 0.29) is 11.8 Å². The lowest BCUT2D eigenvalue weighted by molar-refractivity contribution is -0.114. The highest BCUT2D eigenvalue weighted by Gasteiger charge is 2.22. The fraction of sp³-hybridized carbons (Fsp3) is 0.240. The molecule has 4 aromatic rings. The summed E-state index contributed by atoms with van der Waals surface area (Å²) in [4.78, 5) is 23.1. The molecule has 0 saturated carbocycles. The molecule has 2 aromatic heterocycles. The lowest BCUT2D eigenvalue weighted by Gasteiger charge is -2.28. The molecule has 0 atom stereocenters. The number of hydrogen-bond acceptors (Lipinski definition) is 6. The van der Waals surface area contributed by atoms with Crippen molar-refractivity contribution in [2.75, 3.05) is 36.5 Å². The molecule has 1 amide bonds. The molecule has 1 fully saturated rings. The summed E-state index contributed by atoms with van der Waals surface area (Å²) in [5.41, 5.74) is 3.11. The Morgan fingerprint density at radius 1 is 1.06 bits per heavy atom. The molecule has 5 rings (SSSR count). The van der Waals surface area contributed by atoms with Crippen molar-refractivity contribution < 1.29 is 14.6 Å². The highest BCUT2D eigenvalue weighted by molar-refractivity contribution is 5.95. The minimum atomic E-state index is -0.125. The van der Waals surface area contributed by atoms with Crippen LogP contribution in [0.3, 0.4) is 0 Å². The summed E-state index contributed by atoms with van der Waals surface area (Å²) in [6.45, 7) is 4.70. The van der Waals surface area contributed by atoms with Gasteiger partial charge in [-0.05, 0) is 29.8 Å². The summed E-state index contributed by atoms with van der Waals surface area (Å²) in [6, 6.07) is 17.4. The van der Waals surface area contributed by atoms with Crippen LogP contribution in [0.2, 0.25) is 0 Å². The van der Waals surface area contributed by atoms with Gasteiger partial charge in [-0.25, -0.2) is 9.97 Å². The van der Waals surface area contributed by atoms with Crippen molar-refractivity contribution in [2.24, 2.45) is 0 Å². The molecule has 3 heterocycles. The molecule has 2 aromatic carbocycles. The number of aromatic hydroxyl groups is 1. The molecule has 168 valence electrons. The SMILES string of the molecule is CC(=O)Nc1ccc(-c2nc(N3CCOCC3)c3cn(Cc4ccccc4)c(O)c3n2)cc1. The second-order valence-electron chi connectivity index (χ2n) is 8.06. The molecule has 1 aliphatic heterocycles. The van der Waals surface area contributed by atoms with E-state index in [1.54, 1.807) is 0 Å². The van der Waals surface area contributed by atoms with Gasteiger partial charge in [-0.1, -0.05) is 30.3 Å². The summed E-state index contributed by atoms with van der Waals surface area (Å²) >= 11 is 0. The Bertz CT molecular complexity index is 1280. The van der Waals surface area contributed by atoms with Crippen molar-refractivity contribution in [3.8, 4) is 17.3 Å². The van der Waals surface area contributed by atoms with Crippen molar-refractivity contribution >= 4 is 28.3 Å². The summed E-state index contributed by atoms with van der Waals surface area (Å²) in [7, 11) is 0. The van der Waals surface area contributed by atoms with E-state index in [9.17, 15) is 9.90 Å². The molecule has 0 unspecified atom stereocenters. The molecular weight excluding hydrogens is 418 g/mol. The molecule has 0 spiro atoms. The molecule has 1 aliphatic rings. The van der Waals surface area contributed by atoms with Gasteiger partial charge in [-0.3, -0.25) is 4.79 Å². The van der Waals surface area contributed by atoms with Gasteiger partial charge in [0.2, 0.25) is 11.8 Å². The molecule has 0 radical (unpaired) electrons. The first-order valence-electron chi connectivity index (χ1n) is 10.9. The van der Waals surface area contributed by atoms with Crippen LogP contribution in [0, 0.1) is 0 Å². The Kier molecular flexibility index (Phi) is 5.66. The average molecular weight is 444 g/mol. The van der Waals surface area contributed by atoms with E-state index in [0.717, 1.165) is 35.4 Å². The number of aromatic nitrogens is 3. The number of amides is 1. The van der Waals surface area contributed by atoms with Crippen LogP contribution < -0.4 is 10.2 Å². The molecule has 2 N–H and O–H groups in total. The van der Waals surface area contributed by atoms with Crippen molar-refractivity contribution in [3.63, 3.8) is 0 Å². The molecule has 8 heteroatoms. The molecule has 0 bridgehead atoms. The number of carbonyl (C=O) groups is 1. The number of benzene rings is 2. The van der Waals surface area contributed by atoms with Gasteiger partial charge in [-0.2, -0.15) is 0 Å². The van der Waals surface area contributed by atoms with Crippen molar-refractivity contribution in [1.82, 2.24) is 14.5 Å². The van der Waals surface area contributed by atoms with E-state index in [4.69, 9.17) is 14.7 Å². The number of carbonyl (C=O) groups excluding carboxylic acids is 1. The first kappa shape index (κ1) is 21.0. The zero-order chi connectivity index (χ0) is 22.8. The number of anilines is 2. The first-order valence-corrected chi connectivity index (χ1v) is 10.9. The predicted molar refractivity (Wildman–Crippen MR) is 128 cm³/mol. The second kappa shape index (κ2) is 8.91. The zero-order valence-electron chi connectivity index (χ0n) is 18.4. The van der Waals surface area contributed by atoms with Crippen LogP contribution >= 0.6 is 0 Å². The Balaban J connectivity index is 1.60. The third kappa shape index (κ3) is 4.38. The molecule has 1 saturated heterocycles. The molecule has 33 heavy (non-hydrogen) atoms. The van der Waals surface area contributed by atoms with Crippen LogP contribution in [-0.4, -0.2) is 51.9 Å². The van der Waals surface area contributed by atoms with Gasteiger partial charge in [0.15, 0.2) is 5.82 Å². The Labute approximate surface area is 191 Å². The number of hydrogen-bond donors (Lipinski definition) is 2. The minimum Gasteiger partial charge on any atom is -0.493 e. The molecule has 8 nitrogen and oxygen atoms in total. The van der Waals surface area contributed by atoms with Gasteiger partial charge in [0, 0.05) is 37.5 Å². The number of fused-ring (bicyclic) bond motifs is 1. The third-order valence-electron chi connectivity index (χ3n) is 5.66. The number of rotatable bonds is 5. The second-order valence-corrected chi connectivity index (χ2v) is 8.06. The van der Waals surface area contributed by atoms with Gasteiger partial charge in [0.05, 0.1) is 25.1 Å². The van der Waals surface area contributed by atoms with E-state index in [1.165, 1.54) is 6.92 Å². The highest BCUT2D eigenvalue weighted by Crippen LogP contribution is 2.35. The van der Waals surface area contributed by atoms with E-state index in [1.807, 2.05) is 65.4 Å². The summed E-state index contributed by atoms with van der Waals surface area (Å²) in [5, 5.41) is 14.6. The summed E-state index contributed by atoms with van der Waals surface area (Å²) in [5.74, 6) is 1.29. The number of nitrogens with zero attached hydrogens (tertiary/aromatic N) is 4. The first-order chi connectivity index (χ1) is 16.1. The van der Waals surface area contributed by atoms with Gasteiger partial charge in [-0.15, -0.1) is 0 Å². The van der Waals surface area contributed by atoms with Crippen LogP contribution in [0.25, 0.3) is 22.3 Å². The third-order valence-corrected chi connectivity index (χ3v) is 5.66. The van der Waals surface area contributed by atoms with Crippen molar-refractivity contribution in [2.45, 2.75) is 13.5 Å². The zero-order valence-corrected chi connectivity index (χ0v) is 18.4. The largest absolute Gasteiger partial charge is 0.493 e. The normalized spacial score (nSPS) is 13.9. The minimum absolute atomic E-state index is 0.113. The maximum atomic E-state index is 11.3. The van der Waals surface area contributed by atoms with Gasteiger partial charge in [0.25, 0.3) is 0 Å². The van der Waals surface area contributed by atoms with Crippen LogP contribution in [0.5, 0.6) is 5.88 Å². The van der Waals surface area contributed by atoms with Crippen molar-refractivity contribution in [1.29, 1.82) is 0 Å². The Morgan fingerprint density at radius 3 is 2.48 bits per heavy atom. The predicted octanol–water partition coefficient (Wildman–Crippen LogP) is 3.65. The summed E-state index contributed by atoms with van der Waals surface area (Å²) < 4.78 is 7.33. The van der Waals surface area contributed by atoms with Crippen LogP contribution in [0.1, 0.15) is 12.5 Å². The molecule has 0 aliphatic carbocycles. The quantitative estimate of drug-likeness (QED) is 0.489. The standard InChI is InChI=1S/C25H25N5O3/c1-17(31)26-20-9-7-19(8-10-20)23-27-22-21(24(28-23)29-11-13-33-14-12-29)16-30(25(22)32)15-18-5-3-2-4-6-18/h2-10,16,32H,11-15H2,1H3,(H,26,31). The lowest BCUT2D eigenvalue weighted by atomic mass is 10.2. The smallest absolute Gasteiger partial charge is 0.221 e. The van der Waals surface area contributed by atoms with Gasteiger partial charge >= 0.3 is 0 Å². The Morgan fingerprint density at radius 2 is 1.79 bits per heavy atom. The van der Waals surface area contributed by atoms with E-state index in [0.29, 0.717) is 36.8 Å². The number of morpholine rings is 1. The highest BCUT2D eigenvalue weighted by atomic mass is 16.5. The van der Waals surface area contributed by atoms with E-state index >= 15 is 0 Å². The van der Waals surface area contributed by atoms with E-state index < -0.39 is 0 Å². The monoisotopic (exact) mass is 443 g/mol. The molecular formula is C25H25N5O3. The van der Waals surface area contributed by atoms with Crippen LogP contribution in [-0.2, 0) is 16.1 Å². The van der Waals surface area contributed by atoms with E-state index in [2.05, 4.69) is 10.2 Å². The van der Waals surface area contributed by atoms with Crippen molar-refractivity contribution in [3.05, 3.63) is 66.4 Å². The lowest BCUT2D eigenvalue weighted by Crippen LogP contribution is -2.37. The maximum absolute atomic E-state index is 11.3.